The molecule has 0 heterocycles. The maximum absolute atomic E-state index is 3.88. The van der Waals surface area contributed by atoms with E-state index in [9.17, 15) is 0 Å². The van der Waals surface area contributed by atoms with E-state index in [-0.39, 0.29) is 0 Å². The summed E-state index contributed by atoms with van der Waals surface area (Å²) in [6, 6.07) is 0. The molecule has 62 valence electrons. The minimum Gasteiger partial charge on any atom is -0.378 e. The Hall–Kier alpha value is -1.05. The summed E-state index contributed by atoms with van der Waals surface area (Å²) in [7, 11) is 5.78. The number of likely N-dealkylation sites (N-methyl/N-ethyl adjacent to an activating group) is 1. The normalized spacial score (nSPS) is 13.3. The van der Waals surface area contributed by atoms with Crippen LogP contribution in [0.3, 0.4) is 0 Å². The summed E-state index contributed by atoms with van der Waals surface area (Å²) < 4.78 is 0. The molecule has 0 radical (unpaired) electrons. The minimum absolute atomic E-state index is 1.15. The lowest BCUT2D eigenvalue weighted by atomic mass is 10.3. The van der Waals surface area contributed by atoms with Gasteiger partial charge in [-0.25, -0.2) is 0 Å². The van der Waals surface area contributed by atoms with Gasteiger partial charge in [0.1, 0.15) is 0 Å². The first-order chi connectivity index (χ1) is 5.22. The highest BCUT2D eigenvalue weighted by Crippen LogP contribution is 1.98. The monoisotopic (exact) mass is 152 g/mol. The predicted molar refractivity (Wildman–Crippen MR) is 51.0 cm³/mol. The second kappa shape index (κ2) is 5.71. The number of rotatable bonds is 3. The third kappa shape index (κ3) is 4.37. The number of aliphatic imine (C=N–C) groups is 1. The van der Waals surface area contributed by atoms with Gasteiger partial charge >= 0.3 is 0 Å². The Morgan fingerprint density at radius 2 is 2.00 bits per heavy atom. The van der Waals surface area contributed by atoms with Crippen LogP contribution in [0.25, 0.3) is 0 Å². The quantitative estimate of drug-likeness (QED) is 0.444. The molecule has 11 heavy (non-hydrogen) atoms. The third-order valence-corrected chi connectivity index (χ3v) is 1.25. The lowest BCUT2D eigenvalue weighted by Gasteiger charge is -2.12. The van der Waals surface area contributed by atoms with Crippen LogP contribution in [0.15, 0.2) is 28.9 Å². The molecule has 0 unspecified atom stereocenters. The largest absolute Gasteiger partial charge is 0.378 e. The van der Waals surface area contributed by atoms with Gasteiger partial charge < -0.3 is 4.90 Å². The highest BCUT2D eigenvalue weighted by Gasteiger charge is 1.89. The van der Waals surface area contributed by atoms with Gasteiger partial charge in [-0.15, -0.1) is 0 Å². The summed E-state index contributed by atoms with van der Waals surface area (Å²) in [4.78, 5) is 5.92. The molecule has 0 aliphatic rings. The Kier molecular flexibility index (Phi) is 5.17. The SMILES string of the molecule is C\C=C/C(=C\C=N\C)N(C)C. The summed E-state index contributed by atoms with van der Waals surface area (Å²) in [5.41, 5.74) is 1.15. The zero-order valence-electron chi connectivity index (χ0n) is 7.70. The molecule has 2 nitrogen and oxygen atoms in total. The van der Waals surface area contributed by atoms with Crippen molar-refractivity contribution < 1.29 is 0 Å². The van der Waals surface area contributed by atoms with E-state index < -0.39 is 0 Å². The zero-order valence-corrected chi connectivity index (χ0v) is 7.70. The molecule has 0 aliphatic heterocycles. The van der Waals surface area contributed by atoms with Crippen molar-refractivity contribution in [3.8, 4) is 0 Å². The lowest BCUT2D eigenvalue weighted by Crippen LogP contribution is -2.09. The summed E-state index contributed by atoms with van der Waals surface area (Å²) in [6.07, 6.45) is 7.81. The van der Waals surface area contributed by atoms with Gasteiger partial charge in [-0.05, 0) is 19.1 Å². The molecule has 0 aromatic carbocycles. The second-order valence-corrected chi connectivity index (χ2v) is 2.39. The topological polar surface area (TPSA) is 15.6 Å². The standard InChI is InChI=1S/C9H16N2/c1-5-6-9(11(3)4)7-8-10-2/h5-8H,1-4H3/b6-5-,9-7+,10-8+. The van der Waals surface area contributed by atoms with E-state index in [2.05, 4.69) is 4.99 Å². The van der Waals surface area contributed by atoms with Crippen LogP contribution in [0.5, 0.6) is 0 Å². The third-order valence-electron chi connectivity index (χ3n) is 1.25. The fourth-order valence-electron chi connectivity index (χ4n) is 0.675. The van der Waals surface area contributed by atoms with Gasteiger partial charge in [0.15, 0.2) is 0 Å². The summed E-state index contributed by atoms with van der Waals surface area (Å²) in [5, 5.41) is 0. The van der Waals surface area contributed by atoms with Crippen LogP contribution >= 0.6 is 0 Å². The van der Waals surface area contributed by atoms with Crippen LogP contribution in [0.1, 0.15) is 6.92 Å². The Morgan fingerprint density at radius 3 is 2.36 bits per heavy atom. The minimum atomic E-state index is 1.15. The van der Waals surface area contributed by atoms with E-state index in [4.69, 9.17) is 0 Å². The van der Waals surface area contributed by atoms with Crippen molar-refractivity contribution in [3.05, 3.63) is 23.9 Å². The van der Waals surface area contributed by atoms with Crippen LogP contribution in [-0.4, -0.2) is 32.3 Å². The second-order valence-electron chi connectivity index (χ2n) is 2.39. The first kappa shape index (κ1) is 9.95. The van der Waals surface area contributed by atoms with Crippen molar-refractivity contribution in [1.82, 2.24) is 4.90 Å². The van der Waals surface area contributed by atoms with Gasteiger partial charge in [0, 0.05) is 33.1 Å². The average molecular weight is 152 g/mol. The van der Waals surface area contributed by atoms with Gasteiger partial charge in [0.05, 0.1) is 0 Å². The summed E-state index contributed by atoms with van der Waals surface area (Å²) in [5.74, 6) is 0. The van der Waals surface area contributed by atoms with Crippen molar-refractivity contribution in [3.63, 3.8) is 0 Å². The van der Waals surface area contributed by atoms with Crippen LogP contribution in [0.4, 0.5) is 0 Å². The van der Waals surface area contributed by atoms with Crippen molar-refractivity contribution in [2.45, 2.75) is 6.92 Å². The number of allylic oxidation sites excluding steroid dienone is 3. The maximum Gasteiger partial charge on any atom is 0.0372 e. The maximum atomic E-state index is 3.88. The summed E-state index contributed by atoms with van der Waals surface area (Å²) in [6.45, 7) is 2.00. The number of hydrogen-bond acceptors (Lipinski definition) is 2. The number of hydrogen-bond donors (Lipinski definition) is 0. The molecule has 0 spiro atoms. The highest BCUT2D eigenvalue weighted by atomic mass is 15.1. The molecule has 2 heteroatoms. The molecule has 0 aromatic rings. The first-order valence-corrected chi connectivity index (χ1v) is 3.64. The molecule has 0 saturated heterocycles. The van der Waals surface area contributed by atoms with Crippen LogP contribution in [-0.2, 0) is 0 Å². The smallest absolute Gasteiger partial charge is 0.0372 e. The van der Waals surface area contributed by atoms with E-state index in [1.165, 1.54) is 0 Å². The van der Waals surface area contributed by atoms with Crippen molar-refractivity contribution in [2.75, 3.05) is 21.1 Å². The Bertz CT molecular complexity index is 176. The molecular weight excluding hydrogens is 136 g/mol. The first-order valence-electron chi connectivity index (χ1n) is 3.64. The van der Waals surface area contributed by atoms with E-state index in [0.29, 0.717) is 0 Å². The fourth-order valence-corrected chi connectivity index (χ4v) is 0.675. The molecule has 0 aromatic heterocycles. The van der Waals surface area contributed by atoms with Crippen molar-refractivity contribution in [1.29, 1.82) is 0 Å². The Balaban J connectivity index is 4.32. The highest BCUT2D eigenvalue weighted by molar-refractivity contribution is 5.72. The molecule has 0 amide bonds. The summed E-state index contributed by atoms with van der Waals surface area (Å²) >= 11 is 0. The van der Waals surface area contributed by atoms with Gasteiger partial charge in [-0.3, -0.25) is 4.99 Å². The van der Waals surface area contributed by atoms with E-state index in [0.717, 1.165) is 5.70 Å². The van der Waals surface area contributed by atoms with Crippen LogP contribution in [0.2, 0.25) is 0 Å². The fraction of sp³-hybridized carbons (Fsp3) is 0.444. The van der Waals surface area contributed by atoms with E-state index in [1.807, 2.05) is 44.1 Å². The molecule has 0 bridgehead atoms. The van der Waals surface area contributed by atoms with Crippen LogP contribution < -0.4 is 0 Å². The molecule has 0 rings (SSSR count). The average Bonchev–Trinajstić information content (AvgIpc) is 1.97. The number of nitrogens with zero attached hydrogens (tertiary/aromatic N) is 2. The molecule has 0 fully saturated rings. The van der Waals surface area contributed by atoms with E-state index >= 15 is 0 Å². The van der Waals surface area contributed by atoms with Gasteiger partial charge in [0.25, 0.3) is 0 Å². The molecule has 0 saturated carbocycles. The van der Waals surface area contributed by atoms with Gasteiger partial charge in [-0.1, -0.05) is 6.08 Å². The van der Waals surface area contributed by atoms with Crippen molar-refractivity contribution in [2.24, 2.45) is 4.99 Å². The van der Waals surface area contributed by atoms with Gasteiger partial charge in [0.2, 0.25) is 0 Å². The van der Waals surface area contributed by atoms with Gasteiger partial charge in [-0.2, -0.15) is 0 Å². The van der Waals surface area contributed by atoms with Crippen LogP contribution in [0, 0.1) is 0 Å². The molecular formula is C9H16N2. The lowest BCUT2D eigenvalue weighted by molar-refractivity contribution is 0.531. The van der Waals surface area contributed by atoms with Crippen molar-refractivity contribution >= 4 is 6.21 Å². The predicted octanol–water partition coefficient (Wildman–Crippen LogP) is 1.71. The Morgan fingerprint density at radius 1 is 1.36 bits per heavy atom. The molecule has 0 N–H and O–H groups in total. The zero-order chi connectivity index (χ0) is 8.69. The molecule has 0 atom stereocenters. The van der Waals surface area contributed by atoms with E-state index in [1.54, 1.807) is 13.3 Å². The Labute approximate surface area is 68.9 Å². The molecule has 0 aliphatic carbocycles.